The minimum atomic E-state index is -0.0267. The molecule has 0 aliphatic heterocycles. The molecule has 2 aromatic carbocycles. The van der Waals surface area contributed by atoms with E-state index in [4.69, 9.17) is 0 Å². The van der Waals surface area contributed by atoms with E-state index < -0.39 is 0 Å². The van der Waals surface area contributed by atoms with Crippen LogP contribution in [0.3, 0.4) is 0 Å². The number of hydrogen-bond acceptors (Lipinski definition) is 2. The first-order valence-corrected chi connectivity index (χ1v) is 11.5. The maximum absolute atomic E-state index is 12.8. The van der Waals surface area contributed by atoms with Crippen LogP contribution in [0.25, 0.3) is 10.1 Å². The molecule has 124 valence electrons. The smallest absolute Gasteiger partial charge is 0.257 e. The summed E-state index contributed by atoms with van der Waals surface area (Å²) in [5.41, 5.74) is 6.58. The number of fused-ring (bicyclic) bond motifs is 1. The number of carbonyl (C=O) groups excluding carboxylic acids is 1. The highest BCUT2D eigenvalue weighted by atomic mass is 127. The lowest BCUT2D eigenvalue weighted by atomic mass is 10.0. The Morgan fingerprint density at radius 2 is 1.83 bits per heavy atom. The lowest BCUT2D eigenvalue weighted by Crippen LogP contribution is -2.13. The Morgan fingerprint density at radius 1 is 1.08 bits per heavy atom. The third kappa shape index (κ3) is 3.62. The van der Waals surface area contributed by atoms with Gasteiger partial charge in [-0.25, -0.2) is 0 Å². The van der Waals surface area contributed by atoms with Crippen LogP contribution in [0.15, 0.2) is 35.7 Å². The van der Waals surface area contributed by atoms with Crippen LogP contribution in [0, 0.1) is 13.8 Å². The third-order valence-corrected chi connectivity index (χ3v) is 6.68. The van der Waals surface area contributed by atoms with E-state index in [1.165, 1.54) is 22.3 Å². The van der Waals surface area contributed by atoms with E-state index in [-0.39, 0.29) is 5.91 Å². The second-order valence-electron chi connectivity index (χ2n) is 5.81. The van der Waals surface area contributed by atoms with Crippen LogP contribution >= 0.6 is 56.5 Å². The van der Waals surface area contributed by atoms with Gasteiger partial charge in [-0.2, -0.15) is 0 Å². The number of thiophene rings is 1. The van der Waals surface area contributed by atoms with Crippen LogP contribution in [0.1, 0.15) is 32.6 Å². The normalized spacial score (nSPS) is 11.0. The number of amides is 1. The molecule has 0 radical (unpaired) electrons. The van der Waals surface area contributed by atoms with E-state index in [2.05, 4.69) is 94.7 Å². The number of halogens is 2. The highest BCUT2D eigenvalue weighted by Crippen LogP contribution is 2.30. The zero-order valence-electron chi connectivity index (χ0n) is 13.5. The summed E-state index contributed by atoms with van der Waals surface area (Å²) in [6.45, 7) is 4.18. The maximum Gasteiger partial charge on any atom is 0.257 e. The summed E-state index contributed by atoms with van der Waals surface area (Å²) in [5.74, 6) is -0.0267. The molecular formula is C19H17I2NOS. The van der Waals surface area contributed by atoms with Crippen molar-refractivity contribution < 1.29 is 4.79 Å². The number of benzene rings is 2. The molecule has 1 heterocycles. The summed E-state index contributed by atoms with van der Waals surface area (Å²) in [4.78, 5) is 12.8. The molecule has 0 bridgehead atoms. The standard InChI is InChI=1S/C19H17I2NOS/c1-11-3-4-18-15(5-11)16(10-24-18)19(23)22-17-7-13(8-20)12(2)6-14(17)9-21/h3-7,10H,8-9H2,1-2H3,(H,22,23). The van der Waals surface area contributed by atoms with Crippen molar-refractivity contribution in [2.45, 2.75) is 22.7 Å². The molecule has 0 fully saturated rings. The molecular weight excluding hydrogens is 544 g/mol. The molecule has 0 spiro atoms. The Kier molecular flexibility index (Phi) is 5.82. The van der Waals surface area contributed by atoms with E-state index in [0.717, 1.165) is 30.2 Å². The Balaban J connectivity index is 1.98. The van der Waals surface area contributed by atoms with Gasteiger partial charge in [0.05, 0.1) is 5.56 Å². The quantitative estimate of drug-likeness (QED) is 0.281. The van der Waals surface area contributed by atoms with Crippen LogP contribution in [0.4, 0.5) is 5.69 Å². The summed E-state index contributed by atoms with van der Waals surface area (Å²) in [6, 6.07) is 10.6. The zero-order chi connectivity index (χ0) is 17.3. The zero-order valence-corrected chi connectivity index (χ0v) is 18.6. The third-order valence-electron chi connectivity index (χ3n) is 4.07. The van der Waals surface area contributed by atoms with Gasteiger partial charge < -0.3 is 5.32 Å². The SMILES string of the molecule is Cc1ccc2scc(C(=O)Nc3cc(CI)c(C)cc3CI)c2c1. The molecule has 1 aromatic heterocycles. The summed E-state index contributed by atoms with van der Waals surface area (Å²) < 4.78 is 2.96. The number of hydrogen-bond donors (Lipinski definition) is 1. The highest BCUT2D eigenvalue weighted by molar-refractivity contribution is 14.1. The van der Waals surface area contributed by atoms with Crippen LogP contribution < -0.4 is 5.32 Å². The highest BCUT2D eigenvalue weighted by Gasteiger charge is 2.15. The van der Waals surface area contributed by atoms with Gasteiger partial charge in [0.15, 0.2) is 0 Å². The van der Waals surface area contributed by atoms with Crippen molar-refractivity contribution in [2.75, 3.05) is 5.32 Å². The van der Waals surface area contributed by atoms with E-state index >= 15 is 0 Å². The monoisotopic (exact) mass is 561 g/mol. The molecule has 3 rings (SSSR count). The predicted molar refractivity (Wildman–Crippen MR) is 121 cm³/mol. The molecule has 1 N–H and O–H groups in total. The molecule has 5 heteroatoms. The Hall–Kier alpha value is -0.670. The van der Waals surface area contributed by atoms with Gasteiger partial charge in [0.25, 0.3) is 5.91 Å². The fourth-order valence-corrected chi connectivity index (χ4v) is 5.07. The topological polar surface area (TPSA) is 29.1 Å². The van der Waals surface area contributed by atoms with Crippen LogP contribution in [0.2, 0.25) is 0 Å². The van der Waals surface area contributed by atoms with Crippen molar-refractivity contribution in [1.82, 2.24) is 0 Å². The lowest BCUT2D eigenvalue weighted by molar-refractivity contribution is 0.102. The lowest BCUT2D eigenvalue weighted by Gasteiger charge is -2.13. The Labute approximate surface area is 173 Å². The summed E-state index contributed by atoms with van der Waals surface area (Å²) in [6.07, 6.45) is 0. The molecule has 3 aromatic rings. The number of rotatable bonds is 4. The van der Waals surface area contributed by atoms with E-state index in [0.29, 0.717) is 0 Å². The first-order valence-electron chi connectivity index (χ1n) is 7.57. The van der Waals surface area contributed by atoms with E-state index in [1.54, 1.807) is 11.3 Å². The molecule has 0 aliphatic carbocycles. The molecule has 0 unspecified atom stereocenters. The van der Waals surface area contributed by atoms with Gasteiger partial charge in [-0.3, -0.25) is 4.79 Å². The first kappa shape index (κ1) is 18.1. The molecule has 2 nitrogen and oxygen atoms in total. The van der Waals surface area contributed by atoms with Crippen molar-refractivity contribution in [3.05, 3.63) is 63.5 Å². The van der Waals surface area contributed by atoms with Gasteiger partial charge in [0.1, 0.15) is 0 Å². The largest absolute Gasteiger partial charge is 0.322 e. The maximum atomic E-state index is 12.8. The number of carbonyl (C=O) groups is 1. The summed E-state index contributed by atoms with van der Waals surface area (Å²) >= 11 is 6.33. The average molecular weight is 561 g/mol. The Morgan fingerprint density at radius 3 is 2.54 bits per heavy atom. The predicted octanol–water partition coefficient (Wildman–Crippen LogP) is 6.64. The molecule has 0 saturated heterocycles. The first-order chi connectivity index (χ1) is 11.5. The minimum Gasteiger partial charge on any atom is -0.322 e. The minimum absolute atomic E-state index is 0.0267. The van der Waals surface area contributed by atoms with Crippen molar-refractivity contribution >= 4 is 78.2 Å². The van der Waals surface area contributed by atoms with Crippen molar-refractivity contribution in [2.24, 2.45) is 0 Å². The van der Waals surface area contributed by atoms with Crippen LogP contribution in [-0.4, -0.2) is 5.91 Å². The van der Waals surface area contributed by atoms with Gasteiger partial charge in [0.2, 0.25) is 0 Å². The molecule has 1 amide bonds. The van der Waals surface area contributed by atoms with Crippen molar-refractivity contribution in [3.8, 4) is 0 Å². The molecule has 0 aliphatic rings. The second-order valence-corrected chi connectivity index (χ2v) is 8.24. The average Bonchev–Trinajstić information content (AvgIpc) is 2.99. The van der Waals surface area contributed by atoms with Crippen LogP contribution in [0.5, 0.6) is 0 Å². The van der Waals surface area contributed by atoms with Gasteiger partial charge >= 0.3 is 0 Å². The van der Waals surface area contributed by atoms with E-state index in [9.17, 15) is 4.79 Å². The molecule has 0 atom stereocenters. The number of anilines is 1. The van der Waals surface area contributed by atoms with Crippen molar-refractivity contribution in [1.29, 1.82) is 0 Å². The fraction of sp³-hybridized carbons (Fsp3) is 0.211. The van der Waals surface area contributed by atoms with E-state index in [1.807, 2.05) is 5.38 Å². The van der Waals surface area contributed by atoms with Crippen molar-refractivity contribution in [3.63, 3.8) is 0 Å². The van der Waals surface area contributed by atoms with Gasteiger partial charge in [-0.1, -0.05) is 62.9 Å². The fourth-order valence-electron chi connectivity index (χ4n) is 2.69. The van der Waals surface area contributed by atoms with Gasteiger partial charge in [0, 0.05) is 30.0 Å². The number of nitrogens with one attached hydrogen (secondary N) is 1. The van der Waals surface area contributed by atoms with Gasteiger partial charge in [-0.05, 0) is 48.7 Å². The second kappa shape index (κ2) is 7.70. The summed E-state index contributed by atoms with van der Waals surface area (Å²) in [7, 11) is 0. The molecule has 0 saturated carbocycles. The number of aryl methyl sites for hydroxylation is 2. The molecule has 24 heavy (non-hydrogen) atoms. The van der Waals surface area contributed by atoms with Gasteiger partial charge in [-0.15, -0.1) is 11.3 Å². The van der Waals surface area contributed by atoms with Crippen LogP contribution in [-0.2, 0) is 8.86 Å². The Bertz CT molecular complexity index is 917. The summed E-state index contributed by atoms with van der Waals surface area (Å²) in [5, 5.41) is 6.13. The number of alkyl halides is 2.